The maximum atomic E-state index is 12.2. The Bertz CT molecular complexity index is 560. The summed E-state index contributed by atoms with van der Waals surface area (Å²) in [7, 11) is 0. The number of aliphatic hydroxyl groups is 1. The van der Waals surface area contributed by atoms with E-state index < -0.39 is 0 Å². The summed E-state index contributed by atoms with van der Waals surface area (Å²) < 4.78 is 10.6. The number of aromatic nitrogens is 1. The number of aryl methyl sites for hydroxylation is 2. The van der Waals surface area contributed by atoms with E-state index >= 15 is 0 Å². The van der Waals surface area contributed by atoms with Crippen LogP contribution >= 0.6 is 11.3 Å². The largest absolute Gasteiger partial charge is 0.394 e. The van der Waals surface area contributed by atoms with Gasteiger partial charge < -0.3 is 19.7 Å². The Morgan fingerprint density at radius 1 is 1.57 bits per heavy atom. The number of thiophene rings is 1. The van der Waals surface area contributed by atoms with Gasteiger partial charge in [0, 0.05) is 11.4 Å². The molecule has 7 heteroatoms. The van der Waals surface area contributed by atoms with Crippen LogP contribution in [0.15, 0.2) is 22.0 Å². The number of nitrogens with one attached hydrogen (secondary N) is 1. The number of rotatable bonds is 7. The second kappa shape index (κ2) is 7.35. The Morgan fingerprint density at radius 3 is 2.95 bits per heavy atom. The summed E-state index contributed by atoms with van der Waals surface area (Å²) in [4.78, 5) is 13.2. The zero-order valence-corrected chi connectivity index (χ0v) is 12.8. The Morgan fingerprint density at radius 2 is 2.38 bits per heavy atom. The van der Waals surface area contributed by atoms with Crippen molar-refractivity contribution < 1.29 is 19.2 Å². The minimum Gasteiger partial charge on any atom is -0.394 e. The molecule has 0 radical (unpaired) electrons. The van der Waals surface area contributed by atoms with E-state index in [0.29, 0.717) is 23.6 Å². The fourth-order valence-electron chi connectivity index (χ4n) is 1.99. The first-order valence-corrected chi connectivity index (χ1v) is 7.48. The predicted octanol–water partition coefficient (Wildman–Crippen LogP) is 1.83. The smallest absolute Gasteiger partial charge is 0.256 e. The van der Waals surface area contributed by atoms with E-state index in [1.165, 1.54) is 0 Å². The lowest BCUT2D eigenvalue weighted by Gasteiger charge is -2.16. The van der Waals surface area contributed by atoms with E-state index in [4.69, 9.17) is 14.4 Å². The number of aliphatic hydroxyl groups excluding tert-OH is 1. The van der Waals surface area contributed by atoms with Crippen LogP contribution in [-0.4, -0.2) is 35.9 Å². The Hall–Kier alpha value is -1.70. The third kappa shape index (κ3) is 3.90. The topological polar surface area (TPSA) is 84.6 Å². The number of carbonyl (C=O) groups excluding carboxylic acids is 1. The van der Waals surface area contributed by atoms with Gasteiger partial charge in [-0.3, -0.25) is 4.79 Å². The monoisotopic (exact) mass is 310 g/mol. The van der Waals surface area contributed by atoms with Crippen molar-refractivity contribution in [3.8, 4) is 0 Å². The van der Waals surface area contributed by atoms with Gasteiger partial charge in [0.2, 0.25) is 0 Å². The zero-order chi connectivity index (χ0) is 15.2. The third-order valence-electron chi connectivity index (χ3n) is 2.98. The van der Waals surface area contributed by atoms with Crippen LogP contribution in [0.25, 0.3) is 0 Å². The Labute approximate surface area is 126 Å². The molecule has 2 aromatic rings. The van der Waals surface area contributed by atoms with Gasteiger partial charge in [-0.25, -0.2) is 0 Å². The molecule has 0 spiro atoms. The fourth-order valence-corrected chi connectivity index (χ4v) is 2.77. The predicted molar refractivity (Wildman–Crippen MR) is 78.4 cm³/mol. The molecule has 0 aliphatic carbocycles. The summed E-state index contributed by atoms with van der Waals surface area (Å²) in [5.41, 5.74) is 1.02. The number of hydrogen-bond acceptors (Lipinski definition) is 6. The highest BCUT2D eigenvalue weighted by molar-refractivity contribution is 7.10. The Kier molecular flexibility index (Phi) is 5.49. The lowest BCUT2D eigenvalue weighted by Crippen LogP contribution is -2.30. The number of hydrogen-bond donors (Lipinski definition) is 2. The molecule has 2 rings (SSSR count). The van der Waals surface area contributed by atoms with Crippen LogP contribution in [0, 0.1) is 13.8 Å². The molecular formula is C14H18N2O4S. The summed E-state index contributed by atoms with van der Waals surface area (Å²) in [6.45, 7) is 3.92. The first-order chi connectivity index (χ1) is 10.1. The number of nitrogens with zero attached hydrogens (tertiary/aromatic N) is 1. The summed E-state index contributed by atoms with van der Waals surface area (Å²) in [5.74, 6) is 0.259. The van der Waals surface area contributed by atoms with Crippen molar-refractivity contribution in [1.29, 1.82) is 0 Å². The van der Waals surface area contributed by atoms with Gasteiger partial charge >= 0.3 is 0 Å². The van der Waals surface area contributed by atoms with E-state index in [9.17, 15) is 4.79 Å². The lowest BCUT2D eigenvalue weighted by molar-refractivity contribution is 0.0296. The van der Waals surface area contributed by atoms with Gasteiger partial charge in [0.25, 0.3) is 5.91 Å². The van der Waals surface area contributed by atoms with Crippen molar-refractivity contribution in [3.63, 3.8) is 0 Å². The maximum Gasteiger partial charge on any atom is 0.256 e. The van der Waals surface area contributed by atoms with E-state index in [1.807, 2.05) is 17.5 Å². The molecule has 0 saturated heterocycles. The van der Waals surface area contributed by atoms with Crippen molar-refractivity contribution in [2.75, 3.05) is 19.8 Å². The molecule has 0 fully saturated rings. The maximum absolute atomic E-state index is 12.2. The second-order valence-electron chi connectivity index (χ2n) is 4.51. The molecular weight excluding hydrogens is 292 g/mol. The number of amides is 1. The Balaban J connectivity index is 2.00. The van der Waals surface area contributed by atoms with Crippen molar-refractivity contribution in [3.05, 3.63) is 39.4 Å². The summed E-state index contributed by atoms with van der Waals surface area (Å²) >= 11 is 1.55. The molecule has 2 heterocycles. The molecule has 0 unspecified atom stereocenters. The molecule has 0 saturated carbocycles. The number of carbonyl (C=O) groups is 1. The molecule has 0 bridgehead atoms. The zero-order valence-electron chi connectivity index (χ0n) is 12.0. The average molecular weight is 310 g/mol. The SMILES string of the molecule is Cc1noc(C)c1C(=O)NC[C@@H](OCCO)c1cccs1. The van der Waals surface area contributed by atoms with Gasteiger partial charge in [0.05, 0.1) is 18.9 Å². The van der Waals surface area contributed by atoms with Crippen LogP contribution in [0.2, 0.25) is 0 Å². The van der Waals surface area contributed by atoms with E-state index in [2.05, 4.69) is 10.5 Å². The number of ether oxygens (including phenoxy) is 1. The van der Waals surface area contributed by atoms with Gasteiger partial charge in [0.1, 0.15) is 17.4 Å². The highest BCUT2D eigenvalue weighted by Crippen LogP contribution is 2.22. The molecule has 0 aliphatic heterocycles. The first kappa shape index (κ1) is 15.7. The first-order valence-electron chi connectivity index (χ1n) is 6.60. The lowest BCUT2D eigenvalue weighted by atomic mass is 10.2. The highest BCUT2D eigenvalue weighted by Gasteiger charge is 2.20. The molecule has 2 N–H and O–H groups in total. The van der Waals surface area contributed by atoms with Gasteiger partial charge in [-0.2, -0.15) is 0 Å². The van der Waals surface area contributed by atoms with Crippen molar-refractivity contribution in [2.45, 2.75) is 20.0 Å². The van der Waals surface area contributed by atoms with Crippen molar-refractivity contribution >= 4 is 17.2 Å². The fraction of sp³-hybridized carbons (Fsp3) is 0.429. The molecule has 0 aliphatic rings. The molecule has 21 heavy (non-hydrogen) atoms. The normalized spacial score (nSPS) is 12.3. The van der Waals surface area contributed by atoms with Crippen LogP contribution in [0.4, 0.5) is 0 Å². The highest BCUT2D eigenvalue weighted by atomic mass is 32.1. The summed E-state index contributed by atoms with van der Waals surface area (Å²) in [5, 5.41) is 17.4. The molecule has 2 aromatic heterocycles. The van der Waals surface area contributed by atoms with E-state index in [-0.39, 0.29) is 25.2 Å². The van der Waals surface area contributed by atoms with Gasteiger partial charge in [0.15, 0.2) is 0 Å². The summed E-state index contributed by atoms with van der Waals surface area (Å²) in [6, 6.07) is 3.86. The molecule has 1 amide bonds. The molecule has 0 aromatic carbocycles. The van der Waals surface area contributed by atoms with Crippen LogP contribution in [0.5, 0.6) is 0 Å². The third-order valence-corrected chi connectivity index (χ3v) is 3.94. The van der Waals surface area contributed by atoms with Crippen LogP contribution < -0.4 is 5.32 Å². The van der Waals surface area contributed by atoms with E-state index in [0.717, 1.165) is 4.88 Å². The van der Waals surface area contributed by atoms with Crippen molar-refractivity contribution in [1.82, 2.24) is 10.5 Å². The minimum atomic E-state index is -0.276. The summed E-state index contributed by atoms with van der Waals surface area (Å²) in [6.07, 6.45) is -0.276. The van der Waals surface area contributed by atoms with E-state index in [1.54, 1.807) is 25.2 Å². The van der Waals surface area contributed by atoms with Crippen LogP contribution in [0.1, 0.15) is 32.8 Å². The quantitative estimate of drug-likeness (QED) is 0.815. The average Bonchev–Trinajstić information content (AvgIpc) is 3.09. The van der Waals surface area contributed by atoms with Gasteiger partial charge in [-0.15, -0.1) is 11.3 Å². The van der Waals surface area contributed by atoms with Crippen molar-refractivity contribution in [2.24, 2.45) is 0 Å². The van der Waals surface area contributed by atoms with Gasteiger partial charge in [-0.05, 0) is 25.3 Å². The molecule has 1 atom stereocenters. The minimum absolute atomic E-state index is 0.0559. The standard InChI is InChI=1S/C14H18N2O4S/c1-9-13(10(2)20-16-9)14(18)15-8-11(19-6-5-17)12-4-3-7-21-12/h3-4,7,11,17H,5-6,8H2,1-2H3,(H,15,18)/t11-/m1/s1. The van der Waals surface area contributed by atoms with Crippen LogP contribution in [0.3, 0.4) is 0 Å². The molecule has 6 nitrogen and oxygen atoms in total. The molecule has 114 valence electrons. The van der Waals surface area contributed by atoms with Crippen LogP contribution in [-0.2, 0) is 4.74 Å². The van der Waals surface area contributed by atoms with Gasteiger partial charge in [-0.1, -0.05) is 11.2 Å². The second-order valence-corrected chi connectivity index (χ2v) is 5.49.